The van der Waals surface area contributed by atoms with Crippen molar-refractivity contribution in [1.29, 1.82) is 0 Å². The SMILES string of the molecule is CC(C)c1cc(-c2ccccc2)cc(C(C)C)c1-c1cccc2nc(-c3[c-]ccc4c3oc3cc(-c5ccc(C(F)(F)F)cc5)ccc34)oc12.[2H]C([2H])([2H])c1ccc(-c2[c-]cc(F)cc2)nc1.[Ir]. The monoisotopic (exact) mass is 1050 g/mol. The van der Waals surface area contributed by atoms with Gasteiger partial charge in [0.15, 0.2) is 0 Å². The van der Waals surface area contributed by atoms with Crippen LogP contribution in [0.3, 0.4) is 0 Å². The molecule has 1 radical (unpaired) electrons. The number of furan rings is 1. The predicted molar refractivity (Wildman–Crippen MR) is 248 cm³/mol. The summed E-state index contributed by atoms with van der Waals surface area (Å²) in [6.45, 7) is 6.75. The van der Waals surface area contributed by atoms with Crippen LogP contribution in [0.4, 0.5) is 17.6 Å². The number of benzene rings is 7. The number of para-hydroxylation sites is 1. The molecule has 0 amide bonds. The predicted octanol–water partition coefficient (Wildman–Crippen LogP) is 16.5. The van der Waals surface area contributed by atoms with E-state index in [1.807, 2.05) is 48.5 Å². The van der Waals surface area contributed by atoms with Crippen LogP contribution in [-0.2, 0) is 26.3 Å². The largest absolute Gasteiger partial charge is 0.500 e. The van der Waals surface area contributed by atoms with E-state index in [9.17, 15) is 17.6 Å². The summed E-state index contributed by atoms with van der Waals surface area (Å²) in [5.41, 5.74) is 12.4. The second kappa shape index (κ2) is 18.4. The standard InChI is InChI=1S/C44H33F3NO2.C12H9FN.Ir/c1-25(2)36-22-30(27-10-6-5-7-11-27)23-37(26(3)4)40(36)34-13-9-15-38-42(34)50-43(48-38)35-14-8-12-33-32-21-18-29(24-39(32)49-41(33)35)28-16-19-31(20-17-28)44(45,46)47;1-9-2-7-12(14-8-9)10-3-5-11(13)6-4-10;/h5-13,15-26H,1-4H3;2-3,5-8H,1H3;/q2*-1;/i;1D3;. The van der Waals surface area contributed by atoms with Crippen LogP contribution in [-0.4, -0.2) is 9.97 Å². The van der Waals surface area contributed by atoms with E-state index in [0.717, 1.165) is 39.5 Å². The van der Waals surface area contributed by atoms with Gasteiger partial charge in [-0.15, -0.1) is 48.0 Å². The van der Waals surface area contributed by atoms with Crippen LogP contribution in [0.5, 0.6) is 0 Å². The molecular weight excluding hydrogens is 1000 g/mol. The minimum Gasteiger partial charge on any atom is -0.500 e. The van der Waals surface area contributed by atoms with Gasteiger partial charge >= 0.3 is 6.18 Å². The fourth-order valence-corrected chi connectivity index (χ4v) is 8.01. The molecule has 9 heteroatoms. The van der Waals surface area contributed by atoms with E-state index >= 15 is 0 Å². The molecule has 0 spiro atoms. The van der Waals surface area contributed by atoms with Crippen molar-refractivity contribution in [3.63, 3.8) is 0 Å². The Morgan fingerprint density at radius 2 is 1.38 bits per heavy atom. The fraction of sp³-hybridized carbons (Fsp3) is 0.143. The number of oxazole rings is 1. The molecular formula is C56H42F4IrN2O2-2. The molecule has 10 aromatic rings. The van der Waals surface area contributed by atoms with Crippen LogP contribution in [0.15, 0.2) is 161 Å². The molecule has 10 rings (SSSR count). The molecule has 3 aromatic heterocycles. The van der Waals surface area contributed by atoms with Gasteiger partial charge in [0.25, 0.3) is 0 Å². The third-order valence-electron chi connectivity index (χ3n) is 11.2. The van der Waals surface area contributed by atoms with Gasteiger partial charge < -0.3 is 13.8 Å². The summed E-state index contributed by atoms with van der Waals surface area (Å²) < 4.78 is 86.9. The molecule has 0 aliphatic heterocycles. The number of rotatable bonds is 7. The van der Waals surface area contributed by atoms with Crippen LogP contribution in [0.1, 0.15) is 65.9 Å². The summed E-state index contributed by atoms with van der Waals surface area (Å²) in [6.07, 6.45) is -3.08. The van der Waals surface area contributed by atoms with Crippen molar-refractivity contribution in [1.82, 2.24) is 9.97 Å². The normalized spacial score (nSPS) is 12.5. The van der Waals surface area contributed by atoms with Crippen molar-refractivity contribution in [2.75, 3.05) is 0 Å². The van der Waals surface area contributed by atoms with Crippen molar-refractivity contribution in [3.8, 4) is 56.1 Å². The van der Waals surface area contributed by atoms with Gasteiger partial charge in [-0.05, 0) is 98.7 Å². The molecule has 0 atom stereocenters. The molecule has 0 aliphatic carbocycles. The number of hydrogen-bond acceptors (Lipinski definition) is 4. The molecule has 0 fully saturated rings. The summed E-state index contributed by atoms with van der Waals surface area (Å²) in [6, 6.07) is 49.0. The van der Waals surface area contributed by atoms with E-state index in [0.29, 0.717) is 45.0 Å². The third-order valence-corrected chi connectivity index (χ3v) is 11.2. The molecule has 327 valence electrons. The molecule has 3 heterocycles. The molecule has 0 saturated heterocycles. The zero-order chi connectivity index (χ0) is 47.2. The minimum atomic E-state index is -4.39. The van der Waals surface area contributed by atoms with E-state index in [4.69, 9.17) is 17.9 Å². The number of hydrogen-bond donors (Lipinski definition) is 0. The van der Waals surface area contributed by atoms with Crippen LogP contribution in [0, 0.1) is 24.8 Å². The first kappa shape index (κ1) is 41.1. The third kappa shape index (κ3) is 9.17. The van der Waals surface area contributed by atoms with Crippen LogP contribution in [0.2, 0.25) is 0 Å². The number of pyridine rings is 1. The van der Waals surface area contributed by atoms with Crippen molar-refractivity contribution < 1.29 is 50.6 Å². The summed E-state index contributed by atoms with van der Waals surface area (Å²) in [5.74, 6) is 0.550. The van der Waals surface area contributed by atoms with Crippen LogP contribution < -0.4 is 0 Å². The van der Waals surface area contributed by atoms with Gasteiger partial charge in [-0.25, -0.2) is 0 Å². The van der Waals surface area contributed by atoms with E-state index in [1.165, 1.54) is 64.3 Å². The van der Waals surface area contributed by atoms with Gasteiger partial charge in [-0.2, -0.15) is 13.2 Å². The summed E-state index contributed by atoms with van der Waals surface area (Å²) in [5, 5.41) is 1.75. The Labute approximate surface area is 392 Å². The second-order valence-electron chi connectivity index (χ2n) is 16.2. The number of aryl methyl sites for hydroxylation is 1. The van der Waals surface area contributed by atoms with Gasteiger partial charge in [0.1, 0.15) is 17.1 Å². The molecule has 0 saturated carbocycles. The first-order valence-electron chi connectivity index (χ1n) is 22.4. The van der Waals surface area contributed by atoms with Gasteiger partial charge in [0.05, 0.1) is 16.7 Å². The molecule has 0 N–H and O–H groups in total. The summed E-state index contributed by atoms with van der Waals surface area (Å²) >= 11 is 0. The first-order valence-corrected chi connectivity index (χ1v) is 20.9. The summed E-state index contributed by atoms with van der Waals surface area (Å²) in [7, 11) is 0. The van der Waals surface area contributed by atoms with Crippen molar-refractivity contribution in [2.45, 2.75) is 52.6 Å². The molecule has 65 heavy (non-hydrogen) atoms. The van der Waals surface area contributed by atoms with Gasteiger partial charge in [-0.1, -0.05) is 124 Å². The minimum absolute atomic E-state index is 0. The molecule has 0 aliphatic rings. The van der Waals surface area contributed by atoms with Crippen LogP contribution >= 0.6 is 0 Å². The number of nitrogens with zero attached hydrogens (tertiary/aromatic N) is 2. The number of halogens is 4. The smallest absolute Gasteiger partial charge is 0.416 e. The Morgan fingerprint density at radius 1 is 0.662 bits per heavy atom. The molecule has 7 aromatic carbocycles. The van der Waals surface area contributed by atoms with Crippen LogP contribution in [0.25, 0.3) is 89.1 Å². The Bertz CT molecular complexity index is 3350. The molecule has 4 nitrogen and oxygen atoms in total. The maximum atomic E-state index is 13.1. The van der Waals surface area contributed by atoms with Gasteiger partial charge in [-0.3, -0.25) is 9.37 Å². The van der Waals surface area contributed by atoms with Gasteiger partial charge in [0, 0.05) is 47.2 Å². The Kier molecular flexibility index (Phi) is 11.6. The van der Waals surface area contributed by atoms with Crippen molar-refractivity contribution in [3.05, 3.63) is 192 Å². The fourth-order valence-electron chi connectivity index (χ4n) is 8.01. The second-order valence-corrected chi connectivity index (χ2v) is 16.2. The first-order chi connectivity index (χ1) is 32.0. The van der Waals surface area contributed by atoms with Gasteiger partial charge in [0.2, 0.25) is 0 Å². The number of alkyl halides is 3. The maximum absolute atomic E-state index is 13.1. The zero-order valence-electron chi connectivity index (χ0n) is 38.6. The Morgan fingerprint density at radius 3 is 2.03 bits per heavy atom. The summed E-state index contributed by atoms with van der Waals surface area (Å²) in [4.78, 5) is 8.98. The zero-order valence-corrected chi connectivity index (χ0v) is 38.0. The van der Waals surface area contributed by atoms with E-state index in [2.05, 4.69) is 87.3 Å². The quantitative estimate of drug-likeness (QED) is 0.118. The topological polar surface area (TPSA) is 52.1 Å². The maximum Gasteiger partial charge on any atom is 0.416 e. The van der Waals surface area contributed by atoms with Crippen molar-refractivity contribution in [2.24, 2.45) is 0 Å². The average molecular weight is 1050 g/mol. The van der Waals surface area contributed by atoms with Crippen molar-refractivity contribution >= 4 is 33.0 Å². The average Bonchev–Trinajstić information content (AvgIpc) is 3.93. The molecule has 0 bridgehead atoms. The van der Waals surface area contributed by atoms with E-state index in [-0.39, 0.29) is 43.3 Å². The number of fused-ring (bicyclic) bond motifs is 4. The number of aromatic nitrogens is 2. The Balaban J connectivity index is 0.000000293. The molecule has 0 unspecified atom stereocenters. The van der Waals surface area contributed by atoms with E-state index in [1.54, 1.807) is 12.1 Å². The van der Waals surface area contributed by atoms with E-state index < -0.39 is 18.6 Å². The Hall–Kier alpha value is -6.67.